The summed E-state index contributed by atoms with van der Waals surface area (Å²) >= 11 is 0. The molecule has 4 nitrogen and oxygen atoms in total. The molecule has 2 aromatic rings. The second-order valence-electron chi connectivity index (χ2n) is 8.05. The van der Waals surface area contributed by atoms with Crippen LogP contribution < -0.4 is 15.1 Å². The number of carbonyl (C=O) groups excluding carboxylic acids is 1. The Labute approximate surface area is 167 Å². The lowest BCUT2D eigenvalue weighted by molar-refractivity contribution is -0.892. The number of anilines is 1. The minimum atomic E-state index is -0.209. The van der Waals surface area contributed by atoms with Crippen molar-refractivity contribution < 1.29 is 14.1 Å². The second kappa shape index (κ2) is 9.69. The van der Waals surface area contributed by atoms with Crippen molar-refractivity contribution in [2.75, 3.05) is 37.6 Å². The van der Waals surface area contributed by atoms with Gasteiger partial charge in [0.25, 0.3) is 5.91 Å². The Balaban J connectivity index is 1.51. The van der Waals surface area contributed by atoms with E-state index in [1.165, 1.54) is 22.6 Å². The van der Waals surface area contributed by atoms with Crippen LogP contribution in [0.4, 0.5) is 10.1 Å². The maximum atomic E-state index is 13.1. The summed E-state index contributed by atoms with van der Waals surface area (Å²) in [6.45, 7) is 8.43. The molecule has 1 saturated heterocycles. The van der Waals surface area contributed by atoms with Crippen molar-refractivity contribution in [3.05, 3.63) is 66.0 Å². The van der Waals surface area contributed by atoms with Crippen molar-refractivity contribution in [1.82, 2.24) is 5.32 Å². The molecule has 0 aliphatic carbocycles. The highest BCUT2D eigenvalue weighted by Crippen LogP contribution is 2.20. The zero-order chi connectivity index (χ0) is 19.9. The molecule has 2 aromatic carbocycles. The number of hydrogen-bond acceptors (Lipinski definition) is 2. The van der Waals surface area contributed by atoms with Crippen LogP contribution in [-0.2, 0) is 4.79 Å². The number of rotatable bonds is 7. The lowest BCUT2D eigenvalue weighted by Gasteiger charge is -2.33. The first-order chi connectivity index (χ1) is 13.5. The van der Waals surface area contributed by atoms with Gasteiger partial charge >= 0.3 is 0 Å². The molecule has 0 aromatic heterocycles. The molecule has 1 atom stereocenters. The fraction of sp³-hybridized carbons (Fsp3) is 0.435. The van der Waals surface area contributed by atoms with Gasteiger partial charge in [0.15, 0.2) is 6.54 Å². The highest BCUT2D eigenvalue weighted by molar-refractivity contribution is 5.77. The molecule has 1 fully saturated rings. The fourth-order valence-corrected chi connectivity index (χ4v) is 3.82. The number of nitrogens with one attached hydrogen (secondary N) is 2. The Kier molecular flexibility index (Phi) is 7.04. The second-order valence-corrected chi connectivity index (χ2v) is 8.05. The third-order valence-electron chi connectivity index (χ3n) is 5.32. The highest BCUT2D eigenvalue weighted by atomic mass is 19.1. The molecule has 3 rings (SSSR count). The molecule has 2 N–H and O–H groups in total. The number of amides is 1. The van der Waals surface area contributed by atoms with Crippen LogP contribution in [0.1, 0.15) is 31.9 Å². The predicted molar refractivity (Wildman–Crippen MR) is 111 cm³/mol. The Hall–Kier alpha value is -2.40. The van der Waals surface area contributed by atoms with Gasteiger partial charge in [0.2, 0.25) is 0 Å². The normalized spacial score (nSPS) is 16.2. The molecule has 1 amide bonds. The van der Waals surface area contributed by atoms with Gasteiger partial charge < -0.3 is 15.1 Å². The number of benzene rings is 2. The number of hydrogen-bond donors (Lipinski definition) is 2. The van der Waals surface area contributed by atoms with Gasteiger partial charge in [-0.3, -0.25) is 4.79 Å². The van der Waals surface area contributed by atoms with Crippen LogP contribution in [0, 0.1) is 11.7 Å². The lowest BCUT2D eigenvalue weighted by Crippen LogP contribution is -3.16. The first-order valence-corrected chi connectivity index (χ1v) is 10.2. The monoisotopic (exact) mass is 384 g/mol. The molecular weight excluding hydrogens is 353 g/mol. The van der Waals surface area contributed by atoms with Gasteiger partial charge in [0.1, 0.15) is 5.82 Å². The zero-order valence-electron chi connectivity index (χ0n) is 16.8. The summed E-state index contributed by atoms with van der Waals surface area (Å²) in [6.07, 6.45) is 0.934. The maximum Gasteiger partial charge on any atom is 0.275 e. The summed E-state index contributed by atoms with van der Waals surface area (Å²) in [5.41, 5.74) is 2.21. The number of quaternary nitrogens is 1. The number of nitrogens with zero attached hydrogens (tertiary/aromatic N) is 1. The molecule has 5 heteroatoms. The predicted octanol–water partition coefficient (Wildman–Crippen LogP) is 2.43. The quantitative estimate of drug-likeness (QED) is 0.769. The Bertz CT molecular complexity index is 740. The number of halogens is 1. The largest absolute Gasteiger partial charge is 0.360 e. The summed E-state index contributed by atoms with van der Waals surface area (Å²) in [4.78, 5) is 16.2. The van der Waals surface area contributed by atoms with E-state index in [2.05, 4.69) is 36.2 Å². The molecule has 1 heterocycles. The van der Waals surface area contributed by atoms with Gasteiger partial charge in [0, 0.05) is 5.69 Å². The van der Waals surface area contributed by atoms with Crippen LogP contribution in [-0.4, -0.2) is 38.6 Å². The maximum absolute atomic E-state index is 13.1. The number of piperazine rings is 1. The van der Waals surface area contributed by atoms with Crippen molar-refractivity contribution in [2.45, 2.75) is 26.3 Å². The molecule has 0 unspecified atom stereocenters. The van der Waals surface area contributed by atoms with E-state index in [0.29, 0.717) is 12.5 Å². The molecule has 1 aliphatic heterocycles. The Morgan fingerprint density at radius 3 is 2.32 bits per heavy atom. The Morgan fingerprint density at radius 2 is 1.71 bits per heavy atom. The first kappa shape index (κ1) is 20.3. The summed E-state index contributed by atoms with van der Waals surface area (Å²) in [7, 11) is 0. The molecule has 0 bridgehead atoms. The van der Waals surface area contributed by atoms with Gasteiger partial charge in [-0.1, -0.05) is 44.2 Å². The van der Waals surface area contributed by atoms with Crippen LogP contribution in [0.3, 0.4) is 0 Å². The van der Waals surface area contributed by atoms with Crippen LogP contribution in [0.5, 0.6) is 0 Å². The van der Waals surface area contributed by atoms with Crippen molar-refractivity contribution in [1.29, 1.82) is 0 Å². The molecule has 150 valence electrons. The van der Waals surface area contributed by atoms with Crippen molar-refractivity contribution >= 4 is 11.6 Å². The van der Waals surface area contributed by atoms with E-state index in [4.69, 9.17) is 0 Å². The highest BCUT2D eigenvalue weighted by Gasteiger charge is 2.24. The van der Waals surface area contributed by atoms with Crippen LogP contribution >= 0.6 is 0 Å². The van der Waals surface area contributed by atoms with Crippen LogP contribution in [0.25, 0.3) is 0 Å². The van der Waals surface area contributed by atoms with Gasteiger partial charge in [0.05, 0.1) is 32.2 Å². The summed E-state index contributed by atoms with van der Waals surface area (Å²) in [5, 5.41) is 3.25. The summed E-state index contributed by atoms with van der Waals surface area (Å²) in [5.74, 6) is 0.413. The average Bonchev–Trinajstić information content (AvgIpc) is 2.69. The SMILES string of the molecule is CC(C)C[C@@H](NC(=O)C[NH+]1CCN(c2ccc(F)cc2)CC1)c1ccccc1. The molecule has 0 radical (unpaired) electrons. The lowest BCUT2D eigenvalue weighted by atomic mass is 9.97. The van der Waals surface area contributed by atoms with Gasteiger partial charge in [-0.2, -0.15) is 0 Å². The smallest absolute Gasteiger partial charge is 0.275 e. The van der Waals surface area contributed by atoms with Gasteiger partial charge in [-0.25, -0.2) is 4.39 Å². The number of carbonyl (C=O) groups is 1. The average molecular weight is 385 g/mol. The molecule has 1 aliphatic rings. The van der Waals surface area contributed by atoms with Gasteiger partial charge in [-0.05, 0) is 42.2 Å². The van der Waals surface area contributed by atoms with E-state index in [-0.39, 0.29) is 17.8 Å². The van der Waals surface area contributed by atoms with Crippen molar-refractivity contribution in [3.63, 3.8) is 0 Å². The standard InChI is InChI=1S/C23H30FN3O/c1-18(2)16-22(19-6-4-3-5-7-19)25-23(28)17-26-12-14-27(15-13-26)21-10-8-20(24)9-11-21/h3-11,18,22H,12-17H2,1-2H3,(H,25,28)/p+1/t22-/m1/s1. The molecule has 28 heavy (non-hydrogen) atoms. The van der Waals surface area contributed by atoms with Gasteiger partial charge in [-0.15, -0.1) is 0 Å². The minimum Gasteiger partial charge on any atom is -0.360 e. The van der Waals surface area contributed by atoms with Crippen LogP contribution in [0.2, 0.25) is 0 Å². The van der Waals surface area contributed by atoms with Crippen molar-refractivity contribution in [2.24, 2.45) is 5.92 Å². The minimum absolute atomic E-state index is 0.0635. The van der Waals surface area contributed by atoms with E-state index in [1.807, 2.05) is 30.3 Å². The van der Waals surface area contributed by atoms with E-state index >= 15 is 0 Å². The summed E-state index contributed by atoms with van der Waals surface area (Å²) < 4.78 is 13.1. The summed E-state index contributed by atoms with van der Waals surface area (Å²) in [6, 6.07) is 16.9. The van der Waals surface area contributed by atoms with E-state index < -0.39 is 0 Å². The van der Waals surface area contributed by atoms with Crippen LogP contribution in [0.15, 0.2) is 54.6 Å². The van der Waals surface area contributed by atoms with E-state index in [0.717, 1.165) is 38.3 Å². The molecule has 0 saturated carbocycles. The Morgan fingerprint density at radius 1 is 1.07 bits per heavy atom. The zero-order valence-corrected chi connectivity index (χ0v) is 16.8. The third-order valence-corrected chi connectivity index (χ3v) is 5.32. The molecule has 0 spiro atoms. The fourth-order valence-electron chi connectivity index (χ4n) is 3.82. The van der Waals surface area contributed by atoms with E-state index in [9.17, 15) is 9.18 Å². The topological polar surface area (TPSA) is 36.8 Å². The van der Waals surface area contributed by atoms with Crippen molar-refractivity contribution in [3.8, 4) is 0 Å². The first-order valence-electron chi connectivity index (χ1n) is 10.2. The van der Waals surface area contributed by atoms with E-state index in [1.54, 1.807) is 0 Å². The molecular formula is C23H31FN3O+. The third kappa shape index (κ3) is 5.80.